The topological polar surface area (TPSA) is 0 Å². The molecule has 0 aliphatic heterocycles. The van der Waals surface area contributed by atoms with E-state index < -0.39 is 18.4 Å². The molecule has 196 valence electrons. The number of hydrogen-bond acceptors (Lipinski definition) is 0. The molecule has 41 heavy (non-hydrogen) atoms. The van der Waals surface area contributed by atoms with Crippen LogP contribution in [-0.4, -0.2) is 18.4 Å². The average molecular weight is 631 g/mol. The maximum absolute atomic E-state index is 3.82. The van der Waals surface area contributed by atoms with Gasteiger partial charge in [0.15, 0.2) is 0 Å². The van der Waals surface area contributed by atoms with E-state index in [1.54, 1.807) is 7.16 Å². The average Bonchev–Trinajstić information content (AvgIpc) is 3.60. The number of rotatable bonds is 4. The Kier molecular flexibility index (Phi) is 5.83. The van der Waals surface area contributed by atoms with Crippen LogP contribution in [0.2, 0.25) is 0 Å². The van der Waals surface area contributed by atoms with Gasteiger partial charge >= 0.3 is 248 Å². The summed E-state index contributed by atoms with van der Waals surface area (Å²) in [5.74, 6) is 0. The maximum atomic E-state index is 2.52. The van der Waals surface area contributed by atoms with Crippen LogP contribution in [0.15, 0.2) is 133 Å². The van der Waals surface area contributed by atoms with Gasteiger partial charge in [-0.2, -0.15) is 0 Å². The molecule has 8 rings (SSSR count). The van der Waals surface area contributed by atoms with Crippen molar-refractivity contribution in [3.05, 3.63) is 167 Å². The SMILES string of the molecule is Cc1[c]([Sn]([c]2ccccc2)([c]2ccccc2)[c]2ccc3c(c2C)Cc2ccccc2-3)ccc2c1Cc1ccccc1-2. The van der Waals surface area contributed by atoms with Crippen molar-refractivity contribution in [1.82, 2.24) is 0 Å². The Balaban J connectivity index is 1.46. The van der Waals surface area contributed by atoms with Crippen LogP contribution >= 0.6 is 0 Å². The normalized spacial score (nSPS) is 12.9. The van der Waals surface area contributed by atoms with Crippen molar-refractivity contribution < 1.29 is 0 Å². The van der Waals surface area contributed by atoms with Crippen LogP contribution in [0, 0.1) is 13.8 Å². The molecule has 1 heteroatoms. The second-order valence-corrected chi connectivity index (χ2v) is 22.3. The molecule has 0 saturated heterocycles. The van der Waals surface area contributed by atoms with Crippen LogP contribution < -0.4 is 14.3 Å². The van der Waals surface area contributed by atoms with Crippen molar-refractivity contribution in [1.29, 1.82) is 0 Å². The van der Waals surface area contributed by atoms with Crippen molar-refractivity contribution in [2.24, 2.45) is 0 Å². The molecule has 2 aliphatic carbocycles. The zero-order valence-corrected chi connectivity index (χ0v) is 26.5. The summed E-state index contributed by atoms with van der Waals surface area (Å²) in [6.45, 7) is 4.83. The van der Waals surface area contributed by atoms with Gasteiger partial charge < -0.3 is 0 Å². The third kappa shape index (κ3) is 3.60. The Labute approximate surface area is 247 Å². The van der Waals surface area contributed by atoms with Crippen LogP contribution in [0.1, 0.15) is 33.4 Å². The minimum absolute atomic E-state index is 1.02. The Morgan fingerprint density at radius 3 is 1.22 bits per heavy atom. The zero-order valence-electron chi connectivity index (χ0n) is 23.6. The molecule has 0 unspecified atom stereocenters. The first-order valence-electron chi connectivity index (χ1n) is 14.7. The zero-order chi connectivity index (χ0) is 27.6. The summed E-state index contributed by atoms with van der Waals surface area (Å²) in [5, 5.41) is 0. The minimum atomic E-state index is -3.82. The fourth-order valence-electron chi connectivity index (χ4n) is 7.85. The summed E-state index contributed by atoms with van der Waals surface area (Å²) < 4.78 is 6.21. The van der Waals surface area contributed by atoms with E-state index in [2.05, 4.69) is 147 Å². The molecule has 2 aliphatic rings. The molecule has 0 spiro atoms. The van der Waals surface area contributed by atoms with Gasteiger partial charge in [0.05, 0.1) is 0 Å². The monoisotopic (exact) mass is 632 g/mol. The van der Waals surface area contributed by atoms with E-state index in [0.29, 0.717) is 0 Å². The van der Waals surface area contributed by atoms with E-state index in [1.807, 2.05) is 0 Å². The second-order valence-electron chi connectivity index (χ2n) is 11.7. The second kappa shape index (κ2) is 9.60. The summed E-state index contributed by atoms with van der Waals surface area (Å²) in [6.07, 6.45) is 2.05. The summed E-state index contributed by atoms with van der Waals surface area (Å²) in [6, 6.07) is 50.9. The number of hydrogen-bond donors (Lipinski definition) is 0. The molecular weight excluding hydrogens is 599 g/mol. The van der Waals surface area contributed by atoms with Gasteiger partial charge in [0.2, 0.25) is 0 Å². The standard InChI is InChI=1S/2C14H11.2C6H5.Sn/c2*1-10-5-4-8-13-12-7-3-2-6-11(12)9-14(10)13;2*1-2-4-6-5-3-1;/h2*2-4,6-8H,9H2,1H3;2*1-5H;. The van der Waals surface area contributed by atoms with Crippen molar-refractivity contribution in [3.8, 4) is 22.3 Å². The van der Waals surface area contributed by atoms with Crippen LogP contribution in [0.4, 0.5) is 0 Å². The molecule has 0 saturated carbocycles. The van der Waals surface area contributed by atoms with Crippen LogP contribution in [0.5, 0.6) is 0 Å². The number of fused-ring (bicyclic) bond motifs is 6. The predicted octanol–water partition coefficient (Wildman–Crippen LogP) is 6.82. The molecule has 0 fully saturated rings. The van der Waals surface area contributed by atoms with Gasteiger partial charge in [0.1, 0.15) is 0 Å². The van der Waals surface area contributed by atoms with Gasteiger partial charge in [0.25, 0.3) is 0 Å². The van der Waals surface area contributed by atoms with E-state index in [0.717, 1.165) is 12.8 Å². The molecule has 6 aromatic rings. The first-order valence-corrected chi connectivity index (χ1v) is 20.4. The fourth-order valence-corrected chi connectivity index (χ4v) is 23.1. The van der Waals surface area contributed by atoms with Gasteiger partial charge in [0, 0.05) is 0 Å². The van der Waals surface area contributed by atoms with E-state index >= 15 is 0 Å². The molecule has 0 radical (unpaired) electrons. The first-order chi connectivity index (χ1) is 20.2. The van der Waals surface area contributed by atoms with Crippen molar-refractivity contribution in [2.75, 3.05) is 0 Å². The van der Waals surface area contributed by atoms with Gasteiger partial charge in [-0.3, -0.25) is 0 Å². The summed E-state index contributed by atoms with van der Waals surface area (Å²) in [4.78, 5) is 0. The summed E-state index contributed by atoms with van der Waals surface area (Å²) in [7, 11) is 0. The first kappa shape index (κ1) is 24.9. The summed E-state index contributed by atoms with van der Waals surface area (Å²) >= 11 is -3.82. The molecule has 0 amide bonds. The third-order valence-corrected chi connectivity index (χ3v) is 24.3. The van der Waals surface area contributed by atoms with E-state index in [1.165, 1.54) is 62.8 Å². The van der Waals surface area contributed by atoms with E-state index in [-0.39, 0.29) is 0 Å². The molecule has 0 bridgehead atoms. The molecular formula is C40H32Sn. The van der Waals surface area contributed by atoms with Crippen LogP contribution in [0.3, 0.4) is 0 Å². The van der Waals surface area contributed by atoms with Crippen LogP contribution in [-0.2, 0) is 12.8 Å². The van der Waals surface area contributed by atoms with E-state index in [9.17, 15) is 0 Å². The van der Waals surface area contributed by atoms with Gasteiger partial charge in [-0.1, -0.05) is 0 Å². The summed E-state index contributed by atoms with van der Waals surface area (Å²) in [5.41, 5.74) is 14.6. The Bertz CT molecular complexity index is 1810. The molecule has 0 heterocycles. The molecule has 0 aromatic heterocycles. The quantitative estimate of drug-likeness (QED) is 0.187. The molecule has 0 N–H and O–H groups in total. The Morgan fingerprint density at radius 2 is 0.780 bits per heavy atom. The van der Waals surface area contributed by atoms with Gasteiger partial charge in [-0.15, -0.1) is 0 Å². The fraction of sp³-hybridized carbons (Fsp3) is 0.100. The van der Waals surface area contributed by atoms with Crippen molar-refractivity contribution in [3.63, 3.8) is 0 Å². The molecule has 6 aromatic carbocycles. The predicted molar refractivity (Wildman–Crippen MR) is 176 cm³/mol. The van der Waals surface area contributed by atoms with Crippen LogP contribution in [0.25, 0.3) is 22.3 Å². The van der Waals surface area contributed by atoms with Crippen molar-refractivity contribution >= 4 is 32.7 Å². The van der Waals surface area contributed by atoms with Gasteiger partial charge in [-0.25, -0.2) is 0 Å². The van der Waals surface area contributed by atoms with Crippen molar-refractivity contribution in [2.45, 2.75) is 26.7 Å². The Morgan fingerprint density at radius 1 is 0.390 bits per heavy atom. The molecule has 0 atom stereocenters. The number of benzene rings is 6. The van der Waals surface area contributed by atoms with E-state index in [4.69, 9.17) is 0 Å². The van der Waals surface area contributed by atoms with Gasteiger partial charge in [-0.05, 0) is 0 Å². The molecule has 0 nitrogen and oxygen atoms in total. The Hall–Kier alpha value is -3.88. The third-order valence-electron chi connectivity index (χ3n) is 9.77.